The lowest BCUT2D eigenvalue weighted by molar-refractivity contribution is -0.137. The number of pyridine rings is 1. The Bertz CT molecular complexity index is 344. The Hall–Kier alpha value is -1.14. The molecule has 1 unspecified atom stereocenters. The first-order valence-corrected chi connectivity index (χ1v) is 4.93. The summed E-state index contributed by atoms with van der Waals surface area (Å²) in [5.74, 6) is 0. The van der Waals surface area contributed by atoms with E-state index >= 15 is 0 Å². The topological polar surface area (TPSA) is 34.1 Å². The van der Waals surface area contributed by atoms with Gasteiger partial charge in [-0.3, -0.25) is 4.98 Å². The van der Waals surface area contributed by atoms with E-state index in [1.807, 2.05) is 0 Å². The van der Waals surface area contributed by atoms with Crippen LogP contribution in [0.2, 0.25) is 0 Å². The van der Waals surface area contributed by atoms with Crippen molar-refractivity contribution < 1.29 is 17.9 Å². The van der Waals surface area contributed by atoms with Crippen molar-refractivity contribution in [3.05, 3.63) is 29.6 Å². The van der Waals surface area contributed by atoms with Crippen LogP contribution in [0.4, 0.5) is 13.2 Å². The zero-order valence-electron chi connectivity index (χ0n) is 8.42. The molecule has 1 aromatic heterocycles. The minimum absolute atomic E-state index is 0.254. The second-order valence-corrected chi connectivity index (χ2v) is 3.53. The third kappa shape index (κ3) is 2.51. The number of nitrogens with one attached hydrogen (secondary N) is 1. The standard InChI is InChI=1S/C10H11F3N2O/c11-10(12,13)7-1-2-8(15-5-7)9-6-14-3-4-16-9/h1-2,5,9,14H,3-4,6H2. The van der Waals surface area contributed by atoms with Gasteiger partial charge in [-0.1, -0.05) is 0 Å². The van der Waals surface area contributed by atoms with Gasteiger partial charge in [-0.25, -0.2) is 0 Å². The average Bonchev–Trinajstić information content (AvgIpc) is 2.29. The molecular weight excluding hydrogens is 221 g/mol. The molecule has 1 aromatic rings. The SMILES string of the molecule is FC(F)(F)c1ccc(C2CNCCO2)nc1. The molecule has 1 saturated heterocycles. The first-order valence-electron chi connectivity index (χ1n) is 4.93. The van der Waals surface area contributed by atoms with Crippen LogP contribution in [0.3, 0.4) is 0 Å². The van der Waals surface area contributed by atoms with Crippen molar-refractivity contribution in [1.82, 2.24) is 10.3 Å². The third-order valence-electron chi connectivity index (χ3n) is 2.37. The highest BCUT2D eigenvalue weighted by molar-refractivity contribution is 5.18. The highest BCUT2D eigenvalue weighted by atomic mass is 19.4. The molecule has 1 aliphatic rings. The molecule has 0 bridgehead atoms. The largest absolute Gasteiger partial charge is 0.417 e. The lowest BCUT2D eigenvalue weighted by Gasteiger charge is -2.23. The molecule has 6 heteroatoms. The van der Waals surface area contributed by atoms with Crippen LogP contribution in [0, 0.1) is 0 Å². The van der Waals surface area contributed by atoms with Crippen LogP contribution in [-0.4, -0.2) is 24.7 Å². The summed E-state index contributed by atoms with van der Waals surface area (Å²) in [4.78, 5) is 3.78. The van der Waals surface area contributed by atoms with Crippen LogP contribution in [0.25, 0.3) is 0 Å². The van der Waals surface area contributed by atoms with Gasteiger partial charge in [-0.15, -0.1) is 0 Å². The fourth-order valence-corrected chi connectivity index (χ4v) is 1.52. The smallest absolute Gasteiger partial charge is 0.369 e. The van der Waals surface area contributed by atoms with Gasteiger partial charge in [-0.2, -0.15) is 13.2 Å². The van der Waals surface area contributed by atoms with Gasteiger partial charge >= 0.3 is 6.18 Å². The van der Waals surface area contributed by atoms with Gasteiger partial charge < -0.3 is 10.1 Å². The van der Waals surface area contributed by atoms with Crippen LogP contribution >= 0.6 is 0 Å². The first-order chi connectivity index (χ1) is 7.57. The van der Waals surface area contributed by atoms with Gasteiger partial charge in [-0.05, 0) is 12.1 Å². The van der Waals surface area contributed by atoms with E-state index in [2.05, 4.69) is 10.3 Å². The summed E-state index contributed by atoms with van der Waals surface area (Å²) in [6.45, 7) is 1.89. The number of ether oxygens (including phenoxy) is 1. The van der Waals surface area contributed by atoms with E-state index in [1.165, 1.54) is 6.07 Å². The Labute approximate surface area is 90.6 Å². The molecule has 0 radical (unpaired) electrons. The molecule has 0 amide bonds. The summed E-state index contributed by atoms with van der Waals surface area (Å²) in [6, 6.07) is 2.39. The molecule has 0 saturated carbocycles. The van der Waals surface area contributed by atoms with E-state index in [0.29, 0.717) is 18.8 Å². The van der Waals surface area contributed by atoms with Gasteiger partial charge in [0.25, 0.3) is 0 Å². The predicted molar refractivity (Wildman–Crippen MR) is 50.8 cm³/mol. The van der Waals surface area contributed by atoms with Crippen molar-refractivity contribution in [3.63, 3.8) is 0 Å². The molecule has 16 heavy (non-hydrogen) atoms. The Morgan fingerprint density at radius 1 is 1.38 bits per heavy atom. The Morgan fingerprint density at radius 3 is 2.69 bits per heavy atom. The first kappa shape index (κ1) is 11.3. The van der Waals surface area contributed by atoms with Gasteiger partial charge in [0, 0.05) is 19.3 Å². The van der Waals surface area contributed by atoms with Crippen molar-refractivity contribution in [3.8, 4) is 0 Å². The molecule has 0 aromatic carbocycles. The molecule has 1 aliphatic heterocycles. The Kier molecular flexibility index (Phi) is 3.11. The van der Waals surface area contributed by atoms with Crippen molar-refractivity contribution >= 4 is 0 Å². The van der Waals surface area contributed by atoms with Crippen LogP contribution in [-0.2, 0) is 10.9 Å². The summed E-state index contributed by atoms with van der Waals surface area (Å²) in [6.07, 6.45) is -3.75. The van der Waals surface area contributed by atoms with E-state index in [9.17, 15) is 13.2 Å². The number of aromatic nitrogens is 1. The molecule has 1 fully saturated rings. The summed E-state index contributed by atoms with van der Waals surface area (Å²) >= 11 is 0. The van der Waals surface area contributed by atoms with Crippen molar-refractivity contribution in [2.45, 2.75) is 12.3 Å². The number of hydrogen-bond acceptors (Lipinski definition) is 3. The van der Waals surface area contributed by atoms with Crippen molar-refractivity contribution in [2.24, 2.45) is 0 Å². The average molecular weight is 232 g/mol. The molecule has 0 spiro atoms. The maximum atomic E-state index is 12.3. The number of morpholine rings is 1. The van der Waals surface area contributed by atoms with E-state index in [1.54, 1.807) is 0 Å². The molecule has 1 atom stereocenters. The minimum Gasteiger partial charge on any atom is -0.369 e. The van der Waals surface area contributed by atoms with Crippen molar-refractivity contribution in [2.75, 3.05) is 19.7 Å². The van der Waals surface area contributed by atoms with Gasteiger partial charge in [0.05, 0.1) is 17.9 Å². The van der Waals surface area contributed by atoms with Crippen LogP contribution in [0.1, 0.15) is 17.4 Å². The van der Waals surface area contributed by atoms with Crippen LogP contribution in [0.15, 0.2) is 18.3 Å². The lowest BCUT2D eigenvalue weighted by atomic mass is 10.1. The fraction of sp³-hybridized carbons (Fsp3) is 0.500. The molecule has 1 N–H and O–H groups in total. The summed E-state index contributed by atoms with van der Waals surface area (Å²) < 4.78 is 42.2. The molecular formula is C10H11F3N2O. The predicted octanol–water partition coefficient (Wildman–Crippen LogP) is 1.76. The lowest BCUT2D eigenvalue weighted by Crippen LogP contribution is -2.33. The second kappa shape index (κ2) is 4.39. The van der Waals surface area contributed by atoms with E-state index < -0.39 is 11.7 Å². The van der Waals surface area contributed by atoms with Crippen LogP contribution in [0.5, 0.6) is 0 Å². The zero-order chi connectivity index (χ0) is 11.6. The number of hydrogen-bond donors (Lipinski definition) is 1. The third-order valence-corrected chi connectivity index (χ3v) is 2.37. The monoisotopic (exact) mass is 232 g/mol. The van der Waals surface area contributed by atoms with E-state index in [-0.39, 0.29) is 6.10 Å². The maximum absolute atomic E-state index is 12.3. The number of rotatable bonds is 1. The molecule has 88 valence electrons. The molecule has 0 aliphatic carbocycles. The minimum atomic E-state index is -4.34. The Balaban J connectivity index is 2.12. The van der Waals surface area contributed by atoms with Crippen LogP contribution < -0.4 is 5.32 Å². The molecule has 3 nitrogen and oxygen atoms in total. The maximum Gasteiger partial charge on any atom is 0.417 e. The summed E-state index contributed by atoms with van der Waals surface area (Å²) in [5.41, 5.74) is -0.208. The Morgan fingerprint density at radius 2 is 2.19 bits per heavy atom. The van der Waals surface area contributed by atoms with Gasteiger partial charge in [0.15, 0.2) is 0 Å². The van der Waals surface area contributed by atoms with Crippen molar-refractivity contribution in [1.29, 1.82) is 0 Å². The van der Waals surface area contributed by atoms with Gasteiger partial charge in [0.1, 0.15) is 6.10 Å². The normalized spacial score (nSPS) is 22.1. The number of nitrogens with zero attached hydrogens (tertiary/aromatic N) is 1. The zero-order valence-corrected chi connectivity index (χ0v) is 8.42. The number of halogens is 3. The van der Waals surface area contributed by atoms with E-state index in [4.69, 9.17) is 4.74 Å². The second-order valence-electron chi connectivity index (χ2n) is 3.53. The highest BCUT2D eigenvalue weighted by Gasteiger charge is 2.31. The van der Waals surface area contributed by atoms with Gasteiger partial charge in [0.2, 0.25) is 0 Å². The fourth-order valence-electron chi connectivity index (χ4n) is 1.52. The van der Waals surface area contributed by atoms with E-state index in [0.717, 1.165) is 18.8 Å². The summed E-state index contributed by atoms with van der Waals surface area (Å²) in [7, 11) is 0. The molecule has 2 heterocycles. The number of alkyl halides is 3. The highest BCUT2D eigenvalue weighted by Crippen LogP contribution is 2.29. The summed E-state index contributed by atoms with van der Waals surface area (Å²) in [5, 5.41) is 3.09. The quantitative estimate of drug-likeness (QED) is 0.801. The molecule has 2 rings (SSSR count).